The van der Waals surface area contributed by atoms with Crippen molar-refractivity contribution in [2.45, 2.75) is 115 Å². The highest BCUT2D eigenvalue weighted by Gasteiger charge is 2.69. The number of ketones is 1. The molecule has 5 N–H and O–H groups in total. The first kappa shape index (κ1) is 27.3. The number of fused-ring (bicyclic) bond motifs is 5. The van der Waals surface area contributed by atoms with Gasteiger partial charge < -0.3 is 30.3 Å². The Kier molecular flexibility index (Phi) is 6.33. The zero-order valence-electron chi connectivity index (χ0n) is 22.7. The van der Waals surface area contributed by atoms with Gasteiger partial charge in [-0.1, -0.05) is 20.8 Å². The molecule has 8 nitrogen and oxygen atoms in total. The molecule has 5 rings (SSSR count). The Morgan fingerprint density at radius 1 is 1.11 bits per heavy atom. The van der Waals surface area contributed by atoms with Crippen molar-refractivity contribution in [3.05, 3.63) is 11.6 Å². The van der Waals surface area contributed by atoms with E-state index in [1.54, 1.807) is 19.9 Å². The highest BCUT2D eigenvalue weighted by atomic mass is 16.6. The average Bonchev–Trinajstić information content (AvgIpc) is 3.23. The second-order valence-electron chi connectivity index (χ2n) is 13.7. The quantitative estimate of drug-likeness (QED) is 0.354. The van der Waals surface area contributed by atoms with Crippen molar-refractivity contribution in [2.24, 2.45) is 40.4 Å². The monoisotopic (exact) mass is 520 g/mol. The lowest BCUT2D eigenvalue weighted by Crippen LogP contribution is -2.63. The summed E-state index contributed by atoms with van der Waals surface area (Å²) in [5.74, 6) is -1.88. The Balaban J connectivity index is 1.44. The van der Waals surface area contributed by atoms with Gasteiger partial charge in [-0.2, -0.15) is 0 Å². The van der Waals surface area contributed by atoms with Crippen LogP contribution >= 0.6 is 0 Å². The summed E-state index contributed by atoms with van der Waals surface area (Å²) in [6, 6.07) is 0. The topological polar surface area (TPSA) is 145 Å². The number of rotatable bonds is 4. The second kappa shape index (κ2) is 8.59. The van der Waals surface area contributed by atoms with Gasteiger partial charge in [-0.3, -0.25) is 9.59 Å². The first-order valence-electron chi connectivity index (χ1n) is 14.0. The number of esters is 1. The molecule has 0 amide bonds. The Labute approximate surface area is 219 Å². The smallest absolute Gasteiger partial charge is 0.309 e. The van der Waals surface area contributed by atoms with Gasteiger partial charge in [0.25, 0.3) is 0 Å². The van der Waals surface area contributed by atoms with E-state index in [4.69, 9.17) is 4.74 Å². The fourth-order valence-electron chi connectivity index (χ4n) is 9.39. The molecular formula is C29H44O8. The van der Waals surface area contributed by atoms with Gasteiger partial charge in [-0.25, -0.2) is 0 Å². The maximum atomic E-state index is 13.3. The number of aliphatic hydroxyl groups is 5. The van der Waals surface area contributed by atoms with Gasteiger partial charge in [0.05, 0.1) is 35.4 Å². The summed E-state index contributed by atoms with van der Waals surface area (Å²) in [5, 5.41) is 56.2. The molecule has 1 saturated heterocycles. The highest BCUT2D eigenvalue weighted by Crippen LogP contribution is 2.68. The molecule has 0 aromatic carbocycles. The molecule has 0 aromatic rings. The maximum absolute atomic E-state index is 13.3. The van der Waals surface area contributed by atoms with Gasteiger partial charge in [0.1, 0.15) is 6.10 Å². The van der Waals surface area contributed by atoms with Crippen LogP contribution in [0.3, 0.4) is 0 Å². The summed E-state index contributed by atoms with van der Waals surface area (Å²) >= 11 is 0. The van der Waals surface area contributed by atoms with Gasteiger partial charge in [-0.05, 0) is 87.7 Å². The largest absolute Gasteiger partial charge is 0.462 e. The van der Waals surface area contributed by atoms with Crippen LogP contribution in [0.15, 0.2) is 11.6 Å². The van der Waals surface area contributed by atoms with Crippen LogP contribution in [0.2, 0.25) is 0 Å². The molecule has 5 aliphatic rings. The van der Waals surface area contributed by atoms with Crippen molar-refractivity contribution in [3.8, 4) is 0 Å². The van der Waals surface area contributed by atoms with E-state index < -0.39 is 52.2 Å². The zero-order valence-corrected chi connectivity index (χ0v) is 22.7. The number of hydrogen-bond donors (Lipinski definition) is 5. The number of ether oxygens (including phenoxy) is 1. The summed E-state index contributed by atoms with van der Waals surface area (Å²) < 4.78 is 5.34. The molecule has 208 valence electrons. The van der Waals surface area contributed by atoms with E-state index in [-0.39, 0.29) is 48.5 Å². The van der Waals surface area contributed by atoms with Crippen molar-refractivity contribution in [3.63, 3.8) is 0 Å². The number of aliphatic hydroxyl groups excluding tert-OH is 3. The molecule has 0 unspecified atom stereocenters. The summed E-state index contributed by atoms with van der Waals surface area (Å²) in [7, 11) is 0. The minimum absolute atomic E-state index is 0.104. The Morgan fingerprint density at radius 3 is 2.41 bits per heavy atom. The first-order valence-corrected chi connectivity index (χ1v) is 14.0. The summed E-state index contributed by atoms with van der Waals surface area (Å²) in [5.41, 5.74) is -3.47. The number of carbonyl (C=O) groups excluding carboxylic acids is 2. The standard InChI is InChI=1S/C29H44O8/c1-14-16(15(2)37-25(14)34)10-24(33)28(5,35)23-7-9-29(36)18-11-20(30)19-12-21(31)22(32)13-26(19,3)17(18)6-8-27(23,29)4/h11,14-17,19,21-24,31-33,35-36H,6-10,12-13H2,1-5H3/t14-,15+,16-,17-,19-,21-,22+,23-,24+,26+,27-,28+,29+/m0/s1. The molecule has 4 fully saturated rings. The van der Waals surface area contributed by atoms with E-state index in [0.29, 0.717) is 37.7 Å². The minimum Gasteiger partial charge on any atom is -0.462 e. The van der Waals surface area contributed by atoms with Crippen LogP contribution in [-0.4, -0.2) is 72.9 Å². The molecule has 3 saturated carbocycles. The predicted molar refractivity (Wildman–Crippen MR) is 134 cm³/mol. The summed E-state index contributed by atoms with van der Waals surface area (Å²) in [6.45, 7) is 9.21. The van der Waals surface area contributed by atoms with Crippen LogP contribution < -0.4 is 0 Å². The molecule has 1 heterocycles. The summed E-state index contributed by atoms with van der Waals surface area (Å²) in [6.07, 6.45) is 1.21. The van der Waals surface area contributed by atoms with Crippen LogP contribution in [0.25, 0.3) is 0 Å². The Hall–Kier alpha value is -1.32. The van der Waals surface area contributed by atoms with Crippen molar-refractivity contribution >= 4 is 11.8 Å². The zero-order chi connectivity index (χ0) is 27.3. The van der Waals surface area contributed by atoms with E-state index in [1.807, 2.05) is 20.8 Å². The van der Waals surface area contributed by atoms with E-state index in [1.165, 1.54) is 0 Å². The van der Waals surface area contributed by atoms with E-state index in [0.717, 1.165) is 0 Å². The third-order valence-corrected chi connectivity index (χ3v) is 11.9. The van der Waals surface area contributed by atoms with Gasteiger partial charge in [-0.15, -0.1) is 0 Å². The number of carbonyl (C=O) groups is 2. The third kappa shape index (κ3) is 3.65. The molecule has 0 bridgehead atoms. The van der Waals surface area contributed by atoms with E-state index in [9.17, 15) is 35.1 Å². The van der Waals surface area contributed by atoms with E-state index >= 15 is 0 Å². The fraction of sp³-hybridized carbons (Fsp3) is 0.862. The number of allylic oxidation sites excluding steroid dienone is 1. The number of hydrogen-bond acceptors (Lipinski definition) is 8. The Bertz CT molecular complexity index is 1010. The maximum Gasteiger partial charge on any atom is 0.309 e. The van der Waals surface area contributed by atoms with Gasteiger partial charge in [0.15, 0.2) is 5.78 Å². The molecule has 1 aliphatic heterocycles. The number of cyclic esters (lactones) is 1. The van der Waals surface area contributed by atoms with Gasteiger partial charge in [0.2, 0.25) is 0 Å². The molecule has 0 radical (unpaired) electrons. The molecule has 13 atom stereocenters. The van der Waals surface area contributed by atoms with E-state index in [2.05, 4.69) is 0 Å². The lowest BCUT2D eigenvalue weighted by atomic mass is 9.45. The Morgan fingerprint density at radius 2 is 1.78 bits per heavy atom. The van der Waals surface area contributed by atoms with Crippen LogP contribution in [-0.2, 0) is 14.3 Å². The normalized spacial score (nSPS) is 51.9. The summed E-state index contributed by atoms with van der Waals surface area (Å²) in [4.78, 5) is 25.4. The minimum atomic E-state index is -1.52. The second-order valence-corrected chi connectivity index (χ2v) is 13.7. The van der Waals surface area contributed by atoms with Crippen molar-refractivity contribution in [2.75, 3.05) is 0 Å². The third-order valence-electron chi connectivity index (χ3n) is 11.9. The van der Waals surface area contributed by atoms with Crippen LogP contribution in [0.5, 0.6) is 0 Å². The van der Waals surface area contributed by atoms with Crippen molar-refractivity contribution < 1.29 is 39.9 Å². The van der Waals surface area contributed by atoms with Crippen molar-refractivity contribution in [1.29, 1.82) is 0 Å². The first-order chi connectivity index (χ1) is 17.1. The average molecular weight is 521 g/mol. The highest BCUT2D eigenvalue weighted by molar-refractivity contribution is 5.95. The van der Waals surface area contributed by atoms with Crippen LogP contribution in [0.4, 0.5) is 0 Å². The molecule has 0 spiro atoms. The van der Waals surface area contributed by atoms with Crippen LogP contribution in [0.1, 0.15) is 79.6 Å². The molecule has 8 heteroatoms. The van der Waals surface area contributed by atoms with Gasteiger partial charge in [0, 0.05) is 17.3 Å². The molecule has 37 heavy (non-hydrogen) atoms. The molecule has 0 aromatic heterocycles. The van der Waals surface area contributed by atoms with Crippen molar-refractivity contribution in [1.82, 2.24) is 0 Å². The van der Waals surface area contributed by atoms with Crippen LogP contribution in [0, 0.1) is 40.4 Å². The lowest BCUT2D eigenvalue weighted by molar-refractivity contribution is -0.178. The predicted octanol–water partition coefficient (Wildman–Crippen LogP) is 1.89. The fourth-order valence-corrected chi connectivity index (χ4v) is 9.39. The molecule has 4 aliphatic carbocycles. The molecular weight excluding hydrogens is 476 g/mol. The van der Waals surface area contributed by atoms with Gasteiger partial charge >= 0.3 is 5.97 Å². The SMILES string of the molecule is C[C@@H]1C(=O)O[C@H](C)[C@H]1C[C@@H](O)[C@](C)(O)[C@H]1CC[C@@]2(O)C3=CC(=O)[C@@H]4C[C@H](O)[C@H](O)C[C@]4(C)[C@H]3CC[C@@]12C. The lowest BCUT2D eigenvalue weighted by Gasteiger charge is -2.60.